The summed E-state index contributed by atoms with van der Waals surface area (Å²) in [4.78, 5) is 19.7. The zero-order valence-electron chi connectivity index (χ0n) is 14.2. The first-order valence-corrected chi connectivity index (χ1v) is 8.40. The molecule has 1 fully saturated rings. The molecule has 24 heavy (non-hydrogen) atoms. The molecule has 0 radical (unpaired) electrons. The van der Waals surface area contributed by atoms with E-state index in [0.717, 1.165) is 43.7 Å². The average molecular weight is 328 g/mol. The van der Waals surface area contributed by atoms with Crippen LogP contribution in [0.5, 0.6) is 0 Å². The predicted molar refractivity (Wildman–Crippen MR) is 91.6 cm³/mol. The maximum atomic E-state index is 11.0. The highest BCUT2D eigenvalue weighted by atomic mass is 16.1. The van der Waals surface area contributed by atoms with Gasteiger partial charge in [-0.05, 0) is 31.2 Å². The summed E-state index contributed by atoms with van der Waals surface area (Å²) < 4.78 is 1.83. The molecule has 0 unspecified atom stereocenters. The highest BCUT2D eigenvalue weighted by molar-refractivity contribution is 5.73. The molecule has 0 bridgehead atoms. The van der Waals surface area contributed by atoms with Crippen molar-refractivity contribution in [2.45, 2.75) is 44.6 Å². The highest BCUT2D eigenvalue weighted by Gasteiger charge is 2.31. The minimum atomic E-state index is 0.0390. The number of hydrogen-bond donors (Lipinski definition) is 2. The third-order valence-electron chi connectivity index (χ3n) is 4.36. The number of carbonyl (C=O) groups is 1. The molecule has 7 nitrogen and oxygen atoms in total. The predicted octanol–water partition coefficient (Wildman–Crippen LogP) is 1.64. The van der Waals surface area contributed by atoms with Crippen molar-refractivity contribution in [3.63, 3.8) is 0 Å². The van der Waals surface area contributed by atoms with Gasteiger partial charge in [0.05, 0.1) is 6.20 Å². The Balaban J connectivity index is 1.43. The van der Waals surface area contributed by atoms with E-state index in [2.05, 4.69) is 25.7 Å². The second kappa shape index (κ2) is 7.42. The summed E-state index contributed by atoms with van der Waals surface area (Å²) in [7, 11) is 1.93. The van der Waals surface area contributed by atoms with Gasteiger partial charge in [0.25, 0.3) is 0 Å². The fourth-order valence-electron chi connectivity index (χ4n) is 3.07. The Morgan fingerprint density at radius 2 is 2.21 bits per heavy atom. The van der Waals surface area contributed by atoms with Crippen LogP contribution in [0.4, 0.5) is 5.82 Å². The first kappa shape index (κ1) is 16.4. The minimum absolute atomic E-state index is 0.0390. The fourth-order valence-corrected chi connectivity index (χ4v) is 3.07. The Bertz CT molecular complexity index is 692. The van der Waals surface area contributed by atoms with E-state index in [1.165, 1.54) is 5.56 Å². The Labute approximate surface area is 141 Å². The molecule has 0 aromatic carbocycles. The molecule has 1 amide bonds. The zero-order valence-corrected chi connectivity index (χ0v) is 14.2. The van der Waals surface area contributed by atoms with Crippen molar-refractivity contribution in [1.29, 1.82) is 0 Å². The van der Waals surface area contributed by atoms with Crippen LogP contribution in [0.1, 0.15) is 43.4 Å². The summed E-state index contributed by atoms with van der Waals surface area (Å²) in [6, 6.07) is 2.32. The standard InChI is InChI=1S/C17H24N6O/c1-12(24)22-15-6-14(7-15)16-8-17(20-11-19-16)18-5-3-4-13-9-21-23(2)10-13/h8-11,14-15H,3-7H2,1-2H3,(H,22,24)(H,18,19,20). The van der Waals surface area contributed by atoms with Crippen LogP contribution < -0.4 is 10.6 Å². The van der Waals surface area contributed by atoms with E-state index in [1.54, 1.807) is 13.3 Å². The summed E-state index contributed by atoms with van der Waals surface area (Å²) in [6.07, 6.45) is 9.51. The quantitative estimate of drug-likeness (QED) is 0.755. The van der Waals surface area contributed by atoms with Crippen LogP contribution in [-0.4, -0.2) is 38.2 Å². The van der Waals surface area contributed by atoms with Gasteiger partial charge in [-0.15, -0.1) is 0 Å². The molecule has 2 aromatic heterocycles. The third-order valence-corrected chi connectivity index (χ3v) is 4.36. The van der Waals surface area contributed by atoms with E-state index in [-0.39, 0.29) is 5.91 Å². The lowest BCUT2D eigenvalue weighted by atomic mass is 9.78. The van der Waals surface area contributed by atoms with E-state index in [0.29, 0.717) is 12.0 Å². The van der Waals surface area contributed by atoms with Gasteiger partial charge in [0.1, 0.15) is 12.1 Å². The van der Waals surface area contributed by atoms with Crippen LogP contribution in [0.3, 0.4) is 0 Å². The summed E-state index contributed by atoms with van der Waals surface area (Å²) in [5.74, 6) is 1.33. The number of nitrogens with zero attached hydrogens (tertiary/aromatic N) is 4. The fraction of sp³-hybridized carbons (Fsp3) is 0.529. The van der Waals surface area contributed by atoms with Crippen LogP contribution in [0, 0.1) is 0 Å². The van der Waals surface area contributed by atoms with Gasteiger partial charge >= 0.3 is 0 Å². The van der Waals surface area contributed by atoms with Crippen molar-refractivity contribution in [2.75, 3.05) is 11.9 Å². The SMILES string of the molecule is CC(=O)NC1CC(c2cc(NCCCc3cnn(C)c3)ncn2)C1. The lowest BCUT2D eigenvalue weighted by Gasteiger charge is -2.35. The Hall–Kier alpha value is -2.44. The molecule has 1 aliphatic rings. The third kappa shape index (κ3) is 4.31. The molecule has 0 saturated heterocycles. The van der Waals surface area contributed by atoms with Crippen molar-refractivity contribution in [1.82, 2.24) is 25.1 Å². The van der Waals surface area contributed by atoms with Crippen LogP contribution in [0.2, 0.25) is 0 Å². The van der Waals surface area contributed by atoms with Crippen LogP contribution in [0.25, 0.3) is 0 Å². The molecular weight excluding hydrogens is 304 g/mol. The number of rotatable bonds is 7. The molecular formula is C17H24N6O. The van der Waals surface area contributed by atoms with Crippen LogP contribution in [0.15, 0.2) is 24.8 Å². The van der Waals surface area contributed by atoms with Gasteiger partial charge in [0.2, 0.25) is 5.91 Å². The number of amides is 1. The van der Waals surface area contributed by atoms with Gasteiger partial charge in [-0.25, -0.2) is 9.97 Å². The first-order valence-electron chi connectivity index (χ1n) is 8.40. The molecule has 2 N–H and O–H groups in total. The second-order valence-corrected chi connectivity index (χ2v) is 6.45. The zero-order chi connectivity index (χ0) is 16.9. The maximum absolute atomic E-state index is 11.0. The minimum Gasteiger partial charge on any atom is -0.370 e. The molecule has 128 valence electrons. The summed E-state index contributed by atoms with van der Waals surface area (Å²) in [6.45, 7) is 2.43. The molecule has 7 heteroatoms. The topological polar surface area (TPSA) is 84.7 Å². The number of aryl methyl sites for hydroxylation is 2. The molecule has 1 aliphatic carbocycles. The second-order valence-electron chi connectivity index (χ2n) is 6.45. The molecule has 3 rings (SSSR count). The molecule has 0 aliphatic heterocycles. The number of carbonyl (C=O) groups excluding carboxylic acids is 1. The van der Waals surface area contributed by atoms with Gasteiger partial charge in [-0.1, -0.05) is 0 Å². The van der Waals surface area contributed by atoms with Crippen molar-refractivity contribution in [3.8, 4) is 0 Å². The monoisotopic (exact) mass is 328 g/mol. The van der Waals surface area contributed by atoms with Gasteiger partial charge in [-0.2, -0.15) is 5.10 Å². The number of hydrogen-bond acceptors (Lipinski definition) is 5. The van der Waals surface area contributed by atoms with Crippen LogP contribution in [-0.2, 0) is 18.3 Å². The summed E-state index contributed by atoms with van der Waals surface area (Å²) in [5.41, 5.74) is 2.31. The number of nitrogens with one attached hydrogen (secondary N) is 2. The van der Waals surface area contributed by atoms with E-state index in [1.807, 2.05) is 30.2 Å². The molecule has 0 spiro atoms. The van der Waals surface area contributed by atoms with Gasteiger partial charge < -0.3 is 10.6 Å². The maximum Gasteiger partial charge on any atom is 0.217 e. The largest absolute Gasteiger partial charge is 0.370 e. The van der Waals surface area contributed by atoms with Crippen molar-refractivity contribution in [2.24, 2.45) is 7.05 Å². The first-order chi connectivity index (χ1) is 11.6. The average Bonchev–Trinajstić information content (AvgIpc) is 2.92. The normalized spacial score (nSPS) is 19.6. The molecule has 1 saturated carbocycles. The smallest absolute Gasteiger partial charge is 0.217 e. The van der Waals surface area contributed by atoms with E-state index < -0.39 is 0 Å². The Kier molecular flexibility index (Phi) is 5.08. The molecule has 2 aromatic rings. The van der Waals surface area contributed by atoms with Gasteiger partial charge in [0.15, 0.2) is 0 Å². The van der Waals surface area contributed by atoms with Crippen molar-refractivity contribution >= 4 is 11.7 Å². The van der Waals surface area contributed by atoms with E-state index in [9.17, 15) is 4.79 Å². The molecule has 2 heterocycles. The van der Waals surface area contributed by atoms with E-state index >= 15 is 0 Å². The number of aromatic nitrogens is 4. The number of anilines is 1. The highest BCUT2D eigenvalue weighted by Crippen LogP contribution is 2.36. The lowest BCUT2D eigenvalue weighted by Crippen LogP contribution is -2.42. The summed E-state index contributed by atoms with van der Waals surface area (Å²) >= 11 is 0. The lowest BCUT2D eigenvalue weighted by molar-refractivity contribution is -0.120. The summed E-state index contributed by atoms with van der Waals surface area (Å²) in [5, 5.41) is 10.5. The van der Waals surface area contributed by atoms with Crippen LogP contribution >= 0.6 is 0 Å². The van der Waals surface area contributed by atoms with Crippen molar-refractivity contribution in [3.05, 3.63) is 36.0 Å². The van der Waals surface area contributed by atoms with Crippen molar-refractivity contribution < 1.29 is 4.79 Å². The van der Waals surface area contributed by atoms with Gasteiger partial charge in [0, 0.05) is 50.4 Å². The van der Waals surface area contributed by atoms with Gasteiger partial charge in [-0.3, -0.25) is 9.48 Å². The molecule has 0 atom stereocenters. The Morgan fingerprint density at radius 1 is 1.38 bits per heavy atom. The van der Waals surface area contributed by atoms with E-state index in [4.69, 9.17) is 0 Å². The Morgan fingerprint density at radius 3 is 2.92 bits per heavy atom.